The molecular weight excluding hydrogens is 368 g/mol. The molecule has 6 rings (SSSR count). The molecule has 0 saturated carbocycles. The number of nitrogens with zero attached hydrogens (tertiary/aromatic N) is 2. The molecular formula is C26H34N4. The van der Waals surface area contributed by atoms with Crippen LogP contribution in [-0.2, 0) is 12.8 Å². The molecule has 0 bridgehead atoms. The minimum Gasteiger partial charge on any atom is -0.371 e. The molecule has 2 aliphatic carbocycles. The first-order valence-corrected chi connectivity index (χ1v) is 11.9. The molecule has 2 heterocycles. The summed E-state index contributed by atoms with van der Waals surface area (Å²) in [5.41, 5.74) is 21.6. The van der Waals surface area contributed by atoms with E-state index in [0.29, 0.717) is 0 Å². The Hall–Kier alpha value is -2.04. The van der Waals surface area contributed by atoms with Crippen molar-refractivity contribution >= 4 is 11.4 Å². The minimum absolute atomic E-state index is 0.224. The van der Waals surface area contributed by atoms with Gasteiger partial charge in [-0.15, -0.1) is 0 Å². The number of rotatable bonds is 2. The third-order valence-corrected chi connectivity index (χ3v) is 8.23. The summed E-state index contributed by atoms with van der Waals surface area (Å²) in [5.74, 6) is 1.51. The molecule has 0 aromatic heterocycles. The van der Waals surface area contributed by atoms with E-state index in [4.69, 9.17) is 11.5 Å². The molecule has 0 spiro atoms. The summed E-state index contributed by atoms with van der Waals surface area (Å²) in [5, 5.41) is 0. The van der Waals surface area contributed by atoms with E-state index >= 15 is 0 Å². The average Bonchev–Trinajstić information content (AvgIpc) is 3.33. The lowest BCUT2D eigenvalue weighted by Gasteiger charge is -2.32. The van der Waals surface area contributed by atoms with E-state index in [2.05, 4.69) is 46.2 Å². The molecule has 0 amide bonds. The first-order valence-electron chi connectivity index (χ1n) is 11.9. The van der Waals surface area contributed by atoms with Gasteiger partial charge >= 0.3 is 0 Å². The molecule has 4 heteroatoms. The molecule has 2 aromatic rings. The third-order valence-electron chi connectivity index (χ3n) is 8.23. The van der Waals surface area contributed by atoms with E-state index in [-0.39, 0.29) is 12.1 Å². The maximum absolute atomic E-state index is 6.42. The van der Waals surface area contributed by atoms with Gasteiger partial charge in [-0.1, -0.05) is 24.3 Å². The lowest BCUT2D eigenvalue weighted by Crippen LogP contribution is -2.31. The van der Waals surface area contributed by atoms with Gasteiger partial charge in [0.25, 0.3) is 0 Å². The van der Waals surface area contributed by atoms with E-state index < -0.39 is 0 Å². The fourth-order valence-corrected chi connectivity index (χ4v) is 6.71. The summed E-state index contributed by atoms with van der Waals surface area (Å²) < 4.78 is 0. The summed E-state index contributed by atoms with van der Waals surface area (Å²) in [7, 11) is 0. The molecule has 0 radical (unpaired) electrons. The lowest BCUT2D eigenvalue weighted by atomic mass is 9.86. The quantitative estimate of drug-likeness (QED) is 0.799. The molecule has 4 N–H and O–H groups in total. The van der Waals surface area contributed by atoms with Crippen LogP contribution in [0.4, 0.5) is 11.4 Å². The monoisotopic (exact) mass is 402 g/mol. The fourth-order valence-electron chi connectivity index (χ4n) is 6.71. The highest BCUT2D eigenvalue weighted by Crippen LogP contribution is 2.42. The standard InChI is InChI=1S/C26H34N4/c27-23-9-1-7-21-19(23)5-3-11-25(21)29-13-17-15-30(16-18(17)14-29)26-12-4-6-20-22(26)8-2-10-24(20)28/h3-6,11-12,17-18,23-24H,1-2,7-10,13-16,27-28H2/t17?,18?,23-,24-/m1/s1. The number of fused-ring (bicyclic) bond motifs is 3. The number of anilines is 2. The Kier molecular flexibility index (Phi) is 4.54. The van der Waals surface area contributed by atoms with Crippen molar-refractivity contribution in [3.63, 3.8) is 0 Å². The van der Waals surface area contributed by atoms with Crippen molar-refractivity contribution < 1.29 is 0 Å². The molecule has 4 nitrogen and oxygen atoms in total. The highest BCUT2D eigenvalue weighted by atomic mass is 15.2. The summed E-state index contributed by atoms with van der Waals surface area (Å²) in [4.78, 5) is 5.33. The summed E-state index contributed by atoms with van der Waals surface area (Å²) in [6, 6.07) is 14.1. The predicted octanol–water partition coefficient (Wildman–Crippen LogP) is 3.93. The van der Waals surface area contributed by atoms with E-state index in [9.17, 15) is 0 Å². The Bertz CT molecular complexity index is 865. The number of nitrogens with two attached hydrogens (primary N) is 2. The minimum atomic E-state index is 0.224. The van der Waals surface area contributed by atoms with Crippen molar-refractivity contribution in [2.45, 2.75) is 50.6 Å². The first-order chi connectivity index (χ1) is 14.7. The highest BCUT2D eigenvalue weighted by molar-refractivity contribution is 5.62. The van der Waals surface area contributed by atoms with Crippen molar-refractivity contribution in [3.05, 3.63) is 58.7 Å². The zero-order valence-electron chi connectivity index (χ0n) is 17.9. The van der Waals surface area contributed by atoms with Crippen LogP contribution in [0.15, 0.2) is 36.4 Å². The summed E-state index contributed by atoms with van der Waals surface area (Å²) >= 11 is 0. The normalized spacial score (nSPS) is 30.2. The predicted molar refractivity (Wildman–Crippen MR) is 124 cm³/mol. The van der Waals surface area contributed by atoms with Gasteiger partial charge in [-0.2, -0.15) is 0 Å². The Morgan fingerprint density at radius 1 is 0.633 bits per heavy atom. The Morgan fingerprint density at radius 3 is 1.50 bits per heavy atom. The zero-order valence-corrected chi connectivity index (χ0v) is 17.9. The van der Waals surface area contributed by atoms with Crippen LogP contribution in [0.3, 0.4) is 0 Å². The zero-order chi connectivity index (χ0) is 20.2. The smallest absolute Gasteiger partial charge is 0.0402 e. The van der Waals surface area contributed by atoms with Crippen molar-refractivity contribution in [2.24, 2.45) is 23.3 Å². The first kappa shape index (κ1) is 18.7. The second-order valence-corrected chi connectivity index (χ2v) is 10.0. The second kappa shape index (κ2) is 7.28. The van der Waals surface area contributed by atoms with Gasteiger partial charge in [0, 0.05) is 61.5 Å². The van der Waals surface area contributed by atoms with Crippen LogP contribution in [0, 0.1) is 11.8 Å². The van der Waals surface area contributed by atoms with Gasteiger partial charge in [0.05, 0.1) is 0 Å². The molecule has 4 aliphatic rings. The summed E-state index contributed by atoms with van der Waals surface area (Å²) in [6.07, 6.45) is 7.08. The molecule has 2 fully saturated rings. The maximum atomic E-state index is 6.42. The van der Waals surface area contributed by atoms with Gasteiger partial charge in [0.2, 0.25) is 0 Å². The van der Waals surface area contributed by atoms with Crippen LogP contribution >= 0.6 is 0 Å². The van der Waals surface area contributed by atoms with Gasteiger partial charge in [-0.25, -0.2) is 0 Å². The van der Waals surface area contributed by atoms with Gasteiger partial charge in [0.1, 0.15) is 0 Å². The van der Waals surface area contributed by atoms with Crippen LogP contribution in [0.2, 0.25) is 0 Å². The SMILES string of the molecule is N[C@@H]1CCCc2c1cccc2N1CC2CN(c3cccc4c3CCC[C@H]4N)CC2C1. The number of hydrogen-bond donors (Lipinski definition) is 2. The number of hydrogen-bond acceptors (Lipinski definition) is 4. The molecule has 30 heavy (non-hydrogen) atoms. The molecule has 2 saturated heterocycles. The molecule has 2 aliphatic heterocycles. The lowest BCUT2D eigenvalue weighted by molar-refractivity contribution is 0.533. The van der Waals surface area contributed by atoms with Gasteiger partial charge < -0.3 is 21.3 Å². The van der Waals surface area contributed by atoms with Crippen molar-refractivity contribution in [1.29, 1.82) is 0 Å². The topological polar surface area (TPSA) is 58.5 Å². The average molecular weight is 403 g/mol. The van der Waals surface area contributed by atoms with Crippen LogP contribution in [0.25, 0.3) is 0 Å². The van der Waals surface area contributed by atoms with Crippen molar-refractivity contribution in [2.75, 3.05) is 36.0 Å². The van der Waals surface area contributed by atoms with Crippen LogP contribution in [0.1, 0.15) is 60.0 Å². The molecule has 2 aromatic carbocycles. The van der Waals surface area contributed by atoms with E-state index in [1.54, 1.807) is 0 Å². The van der Waals surface area contributed by atoms with Crippen LogP contribution < -0.4 is 21.3 Å². The van der Waals surface area contributed by atoms with Crippen molar-refractivity contribution in [3.8, 4) is 0 Å². The van der Waals surface area contributed by atoms with Crippen LogP contribution in [-0.4, -0.2) is 26.2 Å². The van der Waals surface area contributed by atoms with Gasteiger partial charge in [0.15, 0.2) is 0 Å². The Labute approximate surface area is 180 Å². The van der Waals surface area contributed by atoms with Gasteiger partial charge in [-0.3, -0.25) is 0 Å². The molecule has 0 unspecified atom stereocenters. The highest BCUT2D eigenvalue weighted by Gasteiger charge is 2.41. The summed E-state index contributed by atoms with van der Waals surface area (Å²) in [6.45, 7) is 4.73. The third kappa shape index (κ3) is 2.96. The molecule has 158 valence electrons. The largest absolute Gasteiger partial charge is 0.371 e. The van der Waals surface area contributed by atoms with E-state index in [1.165, 1.54) is 85.5 Å². The fraction of sp³-hybridized carbons (Fsp3) is 0.538. The second-order valence-electron chi connectivity index (χ2n) is 10.0. The van der Waals surface area contributed by atoms with E-state index in [1.807, 2.05) is 0 Å². The van der Waals surface area contributed by atoms with Gasteiger partial charge in [-0.05, 0) is 72.9 Å². The Balaban J connectivity index is 1.22. The van der Waals surface area contributed by atoms with Crippen LogP contribution in [0.5, 0.6) is 0 Å². The molecule has 2 atom stereocenters. The van der Waals surface area contributed by atoms with Crippen molar-refractivity contribution in [1.82, 2.24) is 0 Å². The maximum Gasteiger partial charge on any atom is 0.0402 e. The number of benzene rings is 2. The van der Waals surface area contributed by atoms with E-state index in [0.717, 1.165) is 24.7 Å². The Morgan fingerprint density at radius 2 is 1.07 bits per heavy atom.